The molecule has 4 heterocycles. The second-order valence-corrected chi connectivity index (χ2v) is 11.8. The van der Waals surface area contributed by atoms with Crippen molar-refractivity contribution in [1.29, 1.82) is 0 Å². The van der Waals surface area contributed by atoms with Crippen LogP contribution in [-0.4, -0.2) is 38.9 Å². The summed E-state index contributed by atoms with van der Waals surface area (Å²) in [5.41, 5.74) is 7.73. The summed E-state index contributed by atoms with van der Waals surface area (Å²) in [6.07, 6.45) is 10.4. The number of fused-ring (bicyclic) bond motifs is 6. The zero-order valence-electron chi connectivity index (χ0n) is 23.0. The molecule has 2 aromatic heterocycles. The largest absolute Gasteiger partial charge is 0.488 e. The quantitative estimate of drug-likeness (QED) is 0.189. The number of amides is 1. The Morgan fingerprint density at radius 1 is 1.02 bits per heavy atom. The normalized spacial score (nSPS) is 21.6. The second-order valence-electron chi connectivity index (χ2n) is 11.8. The van der Waals surface area contributed by atoms with Gasteiger partial charge in [-0.25, -0.2) is 9.97 Å². The zero-order chi connectivity index (χ0) is 27.3. The second kappa shape index (κ2) is 10.0. The number of aromatic nitrogens is 4. The highest BCUT2D eigenvalue weighted by molar-refractivity contribution is 6.07. The predicted octanol–water partition coefficient (Wildman–Crippen LogP) is 5.94. The van der Waals surface area contributed by atoms with E-state index >= 15 is 0 Å². The van der Waals surface area contributed by atoms with E-state index in [9.17, 15) is 4.79 Å². The fourth-order valence-electron chi connectivity index (χ4n) is 7.21. The van der Waals surface area contributed by atoms with Crippen LogP contribution in [0.2, 0.25) is 0 Å². The Hall–Kier alpha value is -4.17. The first-order chi connectivity index (χ1) is 20.2. The number of nitrogens with zero attached hydrogens (tertiary/aromatic N) is 2. The van der Waals surface area contributed by atoms with Crippen LogP contribution in [0.25, 0.3) is 44.2 Å². The molecule has 5 aromatic rings. The van der Waals surface area contributed by atoms with Crippen LogP contribution in [0.1, 0.15) is 61.8 Å². The highest BCUT2D eigenvalue weighted by Crippen LogP contribution is 2.42. The SMILES string of the molecule is O=CNC1CCCC1CCc1nc2c(ccc3cc4c(cc32)OCc2cc(-c3cnc(C5CCCN5)[nH]3)ccc2-4)[nH]1. The van der Waals surface area contributed by atoms with Crippen LogP contribution in [0.5, 0.6) is 5.75 Å². The number of carbonyl (C=O) groups is 1. The molecule has 2 fully saturated rings. The van der Waals surface area contributed by atoms with Crippen molar-refractivity contribution in [3.05, 3.63) is 65.9 Å². The summed E-state index contributed by atoms with van der Waals surface area (Å²) >= 11 is 0. The molecule has 41 heavy (non-hydrogen) atoms. The maximum atomic E-state index is 11.0. The predicted molar refractivity (Wildman–Crippen MR) is 160 cm³/mol. The van der Waals surface area contributed by atoms with Crippen molar-refractivity contribution in [2.45, 2.75) is 63.6 Å². The Kier molecular flexibility index (Phi) is 6.02. The third kappa shape index (κ3) is 4.37. The number of ether oxygens (including phenoxy) is 1. The molecular weight excluding hydrogens is 512 g/mol. The first kappa shape index (κ1) is 24.6. The van der Waals surface area contributed by atoms with Gasteiger partial charge in [0.1, 0.15) is 24.0 Å². The lowest BCUT2D eigenvalue weighted by atomic mass is 9.92. The summed E-state index contributed by atoms with van der Waals surface area (Å²) in [7, 11) is 0. The topological polar surface area (TPSA) is 108 Å². The molecule has 3 aliphatic rings. The van der Waals surface area contributed by atoms with E-state index in [2.05, 4.69) is 68.1 Å². The summed E-state index contributed by atoms with van der Waals surface area (Å²) < 4.78 is 6.33. The molecule has 8 rings (SSSR count). The first-order valence-corrected chi connectivity index (χ1v) is 14.9. The molecule has 3 atom stereocenters. The zero-order valence-corrected chi connectivity index (χ0v) is 23.0. The molecule has 8 heteroatoms. The highest BCUT2D eigenvalue weighted by atomic mass is 16.5. The van der Waals surface area contributed by atoms with Gasteiger partial charge in [0.2, 0.25) is 6.41 Å². The van der Waals surface area contributed by atoms with Gasteiger partial charge >= 0.3 is 0 Å². The summed E-state index contributed by atoms with van der Waals surface area (Å²) in [6, 6.07) is 16.0. The van der Waals surface area contributed by atoms with Gasteiger partial charge < -0.3 is 25.3 Å². The van der Waals surface area contributed by atoms with Crippen molar-refractivity contribution < 1.29 is 9.53 Å². The minimum absolute atomic E-state index is 0.298. The Morgan fingerprint density at radius 2 is 2.00 bits per heavy atom. The lowest BCUT2D eigenvalue weighted by Gasteiger charge is -2.22. The van der Waals surface area contributed by atoms with Crippen LogP contribution in [-0.2, 0) is 17.8 Å². The number of nitrogens with one attached hydrogen (secondary N) is 4. The van der Waals surface area contributed by atoms with Crippen molar-refractivity contribution in [1.82, 2.24) is 30.6 Å². The number of hydrogen-bond acceptors (Lipinski definition) is 5. The smallest absolute Gasteiger partial charge is 0.207 e. The minimum Gasteiger partial charge on any atom is -0.488 e. The maximum Gasteiger partial charge on any atom is 0.207 e. The molecular formula is C33H34N6O2. The van der Waals surface area contributed by atoms with Gasteiger partial charge in [-0.3, -0.25) is 4.79 Å². The van der Waals surface area contributed by atoms with E-state index in [1.165, 1.54) is 30.4 Å². The Labute approximate surface area is 238 Å². The van der Waals surface area contributed by atoms with Gasteiger partial charge in [-0.15, -0.1) is 0 Å². The third-order valence-electron chi connectivity index (χ3n) is 9.39. The number of benzene rings is 3. The van der Waals surface area contributed by atoms with Gasteiger partial charge in [0.25, 0.3) is 0 Å². The van der Waals surface area contributed by atoms with Gasteiger partial charge in [-0.1, -0.05) is 24.6 Å². The number of aryl methyl sites for hydroxylation is 1. The van der Waals surface area contributed by atoms with Gasteiger partial charge in [-0.2, -0.15) is 0 Å². The van der Waals surface area contributed by atoms with Crippen molar-refractivity contribution in [3.63, 3.8) is 0 Å². The minimum atomic E-state index is 0.298. The Bertz CT molecular complexity index is 1760. The van der Waals surface area contributed by atoms with E-state index in [1.807, 2.05) is 6.20 Å². The molecule has 0 spiro atoms. The van der Waals surface area contributed by atoms with Crippen molar-refractivity contribution in [3.8, 4) is 28.1 Å². The van der Waals surface area contributed by atoms with E-state index in [0.717, 1.165) is 94.7 Å². The van der Waals surface area contributed by atoms with Crippen LogP contribution in [0.3, 0.4) is 0 Å². The number of H-pyrrole nitrogens is 2. The number of imidazole rings is 2. The van der Waals surface area contributed by atoms with Crippen molar-refractivity contribution >= 4 is 28.2 Å². The molecule has 1 saturated carbocycles. The van der Waals surface area contributed by atoms with E-state index in [-0.39, 0.29) is 0 Å². The molecule has 1 aliphatic carbocycles. The average molecular weight is 547 g/mol. The molecule has 0 bridgehead atoms. The maximum absolute atomic E-state index is 11.0. The van der Waals surface area contributed by atoms with Crippen LogP contribution < -0.4 is 15.4 Å². The summed E-state index contributed by atoms with van der Waals surface area (Å²) in [6.45, 7) is 1.59. The first-order valence-electron chi connectivity index (χ1n) is 14.9. The lowest BCUT2D eigenvalue weighted by Crippen LogP contribution is -2.31. The van der Waals surface area contributed by atoms with E-state index in [4.69, 9.17) is 9.72 Å². The molecule has 2 aliphatic heterocycles. The van der Waals surface area contributed by atoms with Crippen LogP contribution in [0, 0.1) is 5.92 Å². The van der Waals surface area contributed by atoms with Gasteiger partial charge in [0.05, 0.1) is 29.0 Å². The molecule has 0 radical (unpaired) electrons. The average Bonchev–Trinajstić information content (AvgIpc) is 3.82. The van der Waals surface area contributed by atoms with Gasteiger partial charge in [0, 0.05) is 23.4 Å². The molecule has 8 nitrogen and oxygen atoms in total. The fourth-order valence-corrected chi connectivity index (χ4v) is 7.21. The van der Waals surface area contributed by atoms with Crippen LogP contribution in [0.15, 0.2) is 48.7 Å². The van der Waals surface area contributed by atoms with E-state index < -0.39 is 0 Å². The number of rotatable bonds is 7. The van der Waals surface area contributed by atoms with Crippen LogP contribution in [0.4, 0.5) is 0 Å². The number of hydrogen-bond donors (Lipinski definition) is 4. The molecule has 3 aromatic carbocycles. The molecule has 1 saturated heterocycles. The number of carbonyl (C=O) groups excluding carboxylic acids is 1. The summed E-state index contributed by atoms with van der Waals surface area (Å²) in [5, 5.41) is 8.79. The Balaban J connectivity index is 1.07. The van der Waals surface area contributed by atoms with Crippen molar-refractivity contribution in [2.24, 2.45) is 5.92 Å². The molecule has 3 unspecified atom stereocenters. The van der Waals surface area contributed by atoms with E-state index in [1.54, 1.807) is 0 Å². The third-order valence-corrected chi connectivity index (χ3v) is 9.39. The monoisotopic (exact) mass is 546 g/mol. The molecule has 1 amide bonds. The lowest BCUT2D eigenvalue weighted by molar-refractivity contribution is -0.110. The van der Waals surface area contributed by atoms with Crippen LogP contribution >= 0.6 is 0 Å². The highest BCUT2D eigenvalue weighted by Gasteiger charge is 2.27. The fraction of sp³-hybridized carbons (Fsp3) is 0.364. The summed E-state index contributed by atoms with van der Waals surface area (Å²) in [4.78, 5) is 27.7. The summed E-state index contributed by atoms with van der Waals surface area (Å²) in [5.74, 6) is 3.45. The molecule has 208 valence electrons. The Morgan fingerprint density at radius 3 is 2.90 bits per heavy atom. The van der Waals surface area contributed by atoms with Crippen molar-refractivity contribution in [2.75, 3.05) is 6.54 Å². The molecule has 4 N–H and O–H groups in total. The number of aromatic amines is 2. The van der Waals surface area contributed by atoms with E-state index in [0.29, 0.717) is 24.6 Å². The van der Waals surface area contributed by atoms with Gasteiger partial charge in [-0.05, 0) is 90.9 Å². The van der Waals surface area contributed by atoms with Gasteiger partial charge in [0.15, 0.2) is 0 Å². The standard InChI is InChI=1S/C33H34N6O2/c40-18-36-26-4-1-3-19(26)8-11-31-37-27-10-7-20-14-25-23-9-6-21(29-16-35-33(38-29)28-5-2-12-34-28)13-22(23)17-41-30(25)15-24(20)32(27)39-31/h6-7,9-10,13-16,18-19,26,28,34H,1-5,8,11-12,17H2,(H,35,38)(H,36,40)(H,37,39).